The maximum absolute atomic E-state index is 13.2. The number of anilines is 1. The largest absolute Gasteiger partial charge is 0.352 e. The van der Waals surface area contributed by atoms with Gasteiger partial charge in [-0.3, -0.25) is 13.9 Å². The third-order valence-electron chi connectivity index (χ3n) is 5.06. The van der Waals surface area contributed by atoms with E-state index < -0.39 is 16.1 Å². The smallest absolute Gasteiger partial charge is 0.242 e. The Morgan fingerprint density at radius 3 is 2.15 bits per heavy atom. The van der Waals surface area contributed by atoms with Crippen LogP contribution in [-0.4, -0.2) is 50.0 Å². The van der Waals surface area contributed by atoms with Gasteiger partial charge in [0.1, 0.15) is 6.04 Å². The molecule has 180 valence electrons. The highest BCUT2D eigenvalue weighted by molar-refractivity contribution is 7.92. The molecular formula is C24H32ClN3O4S. The van der Waals surface area contributed by atoms with Crippen molar-refractivity contribution in [3.8, 4) is 0 Å². The minimum absolute atomic E-state index is 0.0451. The maximum Gasteiger partial charge on any atom is 0.242 e. The van der Waals surface area contributed by atoms with E-state index in [0.29, 0.717) is 23.7 Å². The average Bonchev–Trinajstić information content (AvgIpc) is 2.74. The molecule has 0 aromatic heterocycles. The van der Waals surface area contributed by atoms with Crippen LogP contribution in [0, 0.1) is 0 Å². The van der Waals surface area contributed by atoms with Crippen LogP contribution >= 0.6 is 11.6 Å². The van der Waals surface area contributed by atoms with Gasteiger partial charge in [-0.15, -0.1) is 0 Å². The highest BCUT2D eigenvalue weighted by Gasteiger charge is 2.27. The number of sulfonamides is 1. The molecule has 33 heavy (non-hydrogen) atoms. The first-order chi connectivity index (χ1) is 15.5. The molecule has 0 spiro atoms. The van der Waals surface area contributed by atoms with Crippen molar-refractivity contribution in [2.45, 2.75) is 52.2 Å². The summed E-state index contributed by atoms with van der Waals surface area (Å²) in [7, 11) is -3.54. The van der Waals surface area contributed by atoms with Crippen molar-refractivity contribution in [1.29, 1.82) is 0 Å². The Morgan fingerprint density at radius 1 is 1.00 bits per heavy atom. The van der Waals surface area contributed by atoms with Crippen LogP contribution in [0.15, 0.2) is 54.6 Å². The lowest BCUT2D eigenvalue weighted by molar-refractivity contribution is -0.140. The van der Waals surface area contributed by atoms with Crippen molar-refractivity contribution >= 4 is 39.1 Å². The van der Waals surface area contributed by atoms with Gasteiger partial charge in [0, 0.05) is 30.6 Å². The third-order valence-corrected chi connectivity index (χ3v) is 6.51. The van der Waals surface area contributed by atoms with E-state index in [9.17, 15) is 18.0 Å². The third kappa shape index (κ3) is 8.37. The average molecular weight is 494 g/mol. The number of amides is 2. The van der Waals surface area contributed by atoms with Gasteiger partial charge in [-0.25, -0.2) is 8.42 Å². The van der Waals surface area contributed by atoms with Gasteiger partial charge in [-0.2, -0.15) is 0 Å². The Balaban J connectivity index is 2.13. The lowest BCUT2D eigenvalue weighted by atomic mass is 10.1. The van der Waals surface area contributed by atoms with Crippen LogP contribution in [0.3, 0.4) is 0 Å². The fraction of sp³-hybridized carbons (Fsp3) is 0.417. The molecule has 0 saturated carbocycles. The number of halogens is 1. The number of carbonyl (C=O) groups excluding carboxylic acids is 2. The zero-order chi connectivity index (χ0) is 24.6. The Labute approximate surface area is 201 Å². The van der Waals surface area contributed by atoms with Gasteiger partial charge >= 0.3 is 0 Å². The summed E-state index contributed by atoms with van der Waals surface area (Å²) in [5.41, 5.74) is 1.40. The van der Waals surface area contributed by atoms with Gasteiger partial charge in [0.15, 0.2) is 0 Å². The number of hydrogen-bond donors (Lipinski definition) is 1. The number of carbonyl (C=O) groups is 2. The van der Waals surface area contributed by atoms with Gasteiger partial charge in [0.2, 0.25) is 21.8 Å². The lowest BCUT2D eigenvalue weighted by Gasteiger charge is -2.30. The molecule has 0 aliphatic carbocycles. The zero-order valence-electron chi connectivity index (χ0n) is 19.5. The standard InChI is InChI=1S/C24H32ClN3O4S/c1-18(2)26-24(30)19(3)27(17-20-9-6-5-7-10-20)23(29)11-8-16-28(33(4,31)32)22-14-12-21(25)13-15-22/h5-7,9-10,12-15,18-19H,8,11,16-17H2,1-4H3,(H,26,30)/t19-/m1/s1. The maximum atomic E-state index is 13.2. The van der Waals surface area contributed by atoms with Crippen LogP contribution < -0.4 is 9.62 Å². The molecule has 0 aliphatic heterocycles. The summed E-state index contributed by atoms with van der Waals surface area (Å²) in [6, 6.07) is 15.3. The monoisotopic (exact) mass is 493 g/mol. The van der Waals surface area contributed by atoms with E-state index in [1.807, 2.05) is 44.2 Å². The summed E-state index contributed by atoms with van der Waals surface area (Å²) >= 11 is 5.91. The van der Waals surface area contributed by atoms with Gasteiger partial charge in [-0.05, 0) is 57.0 Å². The van der Waals surface area contributed by atoms with Gasteiger partial charge in [0.05, 0.1) is 11.9 Å². The zero-order valence-corrected chi connectivity index (χ0v) is 21.1. The molecule has 0 unspecified atom stereocenters. The van der Waals surface area contributed by atoms with E-state index in [2.05, 4.69) is 5.32 Å². The van der Waals surface area contributed by atoms with Crippen LogP contribution in [-0.2, 0) is 26.2 Å². The van der Waals surface area contributed by atoms with Crippen molar-refractivity contribution in [2.75, 3.05) is 17.1 Å². The summed E-state index contributed by atoms with van der Waals surface area (Å²) in [4.78, 5) is 27.3. The number of rotatable bonds is 11. The number of nitrogens with zero attached hydrogens (tertiary/aromatic N) is 2. The number of hydrogen-bond acceptors (Lipinski definition) is 4. The Bertz CT molecular complexity index is 1030. The van der Waals surface area contributed by atoms with E-state index in [1.165, 1.54) is 4.31 Å². The molecule has 7 nitrogen and oxygen atoms in total. The molecule has 0 saturated heterocycles. The summed E-state index contributed by atoms with van der Waals surface area (Å²) in [6.07, 6.45) is 1.54. The summed E-state index contributed by atoms with van der Waals surface area (Å²) in [6.45, 7) is 5.86. The molecule has 2 amide bonds. The Kier molecular flexibility index (Phi) is 9.73. The van der Waals surface area contributed by atoms with E-state index in [-0.39, 0.29) is 30.8 Å². The molecule has 0 fully saturated rings. The number of benzene rings is 2. The first-order valence-corrected chi connectivity index (χ1v) is 13.1. The molecule has 0 heterocycles. The highest BCUT2D eigenvalue weighted by Crippen LogP contribution is 2.21. The first kappa shape index (κ1) is 26.7. The van der Waals surface area contributed by atoms with Crippen molar-refractivity contribution in [3.05, 3.63) is 65.2 Å². The van der Waals surface area contributed by atoms with Crippen LogP contribution in [0.5, 0.6) is 0 Å². The second-order valence-corrected chi connectivity index (χ2v) is 10.6. The van der Waals surface area contributed by atoms with Crippen LogP contribution in [0.1, 0.15) is 39.2 Å². The summed E-state index contributed by atoms with van der Waals surface area (Å²) in [5, 5.41) is 3.36. The molecule has 1 atom stereocenters. The Hall–Kier alpha value is -2.58. The minimum Gasteiger partial charge on any atom is -0.352 e. The normalized spacial score (nSPS) is 12.3. The predicted molar refractivity (Wildman–Crippen MR) is 133 cm³/mol. The quantitative estimate of drug-likeness (QED) is 0.515. The molecule has 2 rings (SSSR count). The summed E-state index contributed by atoms with van der Waals surface area (Å²) < 4.78 is 25.9. The summed E-state index contributed by atoms with van der Waals surface area (Å²) in [5.74, 6) is -0.442. The van der Waals surface area contributed by atoms with Crippen LogP contribution in [0.4, 0.5) is 5.69 Å². The van der Waals surface area contributed by atoms with Gasteiger partial charge in [-0.1, -0.05) is 41.9 Å². The highest BCUT2D eigenvalue weighted by atomic mass is 35.5. The van der Waals surface area contributed by atoms with E-state index >= 15 is 0 Å². The van der Waals surface area contributed by atoms with Crippen LogP contribution in [0.25, 0.3) is 0 Å². The van der Waals surface area contributed by atoms with Gasteiger partial charge < -0.3 is 10.2 Å². The molecule has 9 heteroatoms. The second-order valence-electron chi connectivity index (χ2n) is 8.26. The molecule has 0 aliphatic rings. The molecule has 0 bridgehead atoms. The van der Waals surface area contributed by atoms with Gasteiger partial charge in [0.25, 0.3) is 0 Å². The van der Waals surface area contributed by atoms with Crippen molar-refractivity contribution in [3.63, 3.8) is 0 Å². The molecule has 1 N–H and O–H groups in total. The predicted octanol–water partition coefficient (Wildman–Crippen LogP) is 3.83. The van der Waals surface area contributed by atoms with E-state index in [0.717, 1.165) is 11.8 Å². The molecule has 0 radical (unpaired) electrons. The van der Waals surface area contributed by atoms with Crippen LogP contribution in [0.2, 0.25) is 5.02 Å². The molecule has 2 aromatic rings. The topological polar surface area (TPSA) is 86.8 Å². The Morgan fingerprint density at radius 2 is 1.61 bits per heavy atom. The minimum atomic E-state index is -3.54. The van der Waals surface area contributed by atoms with Crippen molar-refractivity contribution in [2.24, 2.45) is 0 Å². The lowest BCUT2D eigenvalue weighted by Crippen LogP contribution is -2.49. The van der Waals surface area contributed by atoms with Crippen molar-refractivity contribution in [1.82, 2.24) is 10.2 Å². The molecule has 2 aromatic carbocycles. The second kappa shape index (κ2) is 12.0. The first-order valence-electron chi connectivity index (χ1n) is 10.9. The van der Waals surface area contributed by atoms with E-state index in [1.54, 1.807) is 36.1 Å². The fourth-order valence-corrected chi connectivity index (χ4v) is 4.47. The fourth-order valence-electron chi connectivity index (χ4n) is 3.38. The van der Waals surface area contributed by atoms with Crippen molar-refractivity contribution < 1.29 is 18.0 Å². The SMILES string of the molecule is CC(C)NC(=O)[C@@H](C)N(Cc1ccccc1)C(=O)CCCN(c1ccc(Cl)cc1)S(C)(=O)=O. The van der Waals surface area contributed by atoms with E-state index in [4.69, 9.17) is 11.6 Å². The molecular weight excluding hydrogens is 462 g/mol. The number of nitrogens with one attached hydrogen (secondary N) is 1.